The van der Waals surface area contributed by atoms with E-state index in [4.69, 9.17) is 5.11 Å². The van der Waals surface area contributed by atoms with Crippen LogP contribution in [-0.4, -0.2) is 37.6 Å². The van der Waals surface area contributed by atoms with Crippen molar-refractivity contribution in [1.29, 1.82) is 0 Å². The molecule has 2 heterocycles. The topological polar surface area (TPSA) is 95.2 Å². The van der Waals surface area contributed by atoms with Gasteiger partial charge in [0.1, 0.15) is 11.5 Å². The van der Waals surface area contributed by atoms with Crippen molar-refractivity contribution in [1.82, 2.24) is 14.8 Å². The van der Waals surface area contributed by atoms with E-state index in [-0.39, 0.29) is 6.61 Å². The summed E-state index contributed by atoms with van der Waals surface area (Å²) in [5, 5.41) is 16.2. The predicted molar refractivity (Wildman–Crippen MR) is 89.0 cm³/mol. The van der Waals surface area contributed by atoms with Crippen LogP contribution in [-0.2, 0) is 18.4 Å². The van der Waals surface area contributed by atoms with Crippen molar-refractivity contribution in [3.63, 3.8) is 0 Å². The Morgan fingerprint density at radius 1 is 1.32 bits per heavy atom. The smallest absolute Gasteiger partial charge is 0.305 e. The Balaban J connectivity index is 2.02. The monoisotopic (exact) mass is 324 g/mol. The fraction of sp³-hybridized carbons (Fsp3) is 0.429. The van der Waals surface area contributed by atoms with Gasteiger partial charge in [-0.1, -0.05) is 0 Å². The third-order valence-electron chi connectivity index (χ3n) is 3.31. The summed E-state index contributed by atoms with van der Waals surface area (Å²) in [5.74, 6) is 0.725. The third kappa shape index (κ3) is 3.90. The number of hydrogen-bond acceptors (Lipinski definition) is 6. The number of aromatic nitrogens is 3. The molecule has 2 rings (SSSR count). The molecule has 0 aliphatic heterocycles. The van der Waals surface area contributed by atoms with Crippen LogP contribution < -0.4 is 10.0 Å². The van der Waals surface area contributed by atoms with Crippen molar-refractivity contribution in [2.24, 2.45) is 7.05 Å². The Morgan fingerprint density at radius 3 is 2.64 bits per heavy atom. The molecule has 0 aromatic carbocycles. The van der Waals surface area contributed by atoms with Gasteiger partial charge in [-0.3, -0.25) is 4.68 Å². The lowest BCUT2D eigenvalue weighted by atomic mass is 10.3. The first-order valence-corrected chi connectivity index (χ1v) is 8.22. The Labute approximate surface area is 133 Å². The maximum absolute atomic E-state index is 10.3. The molecule has 0 amide bonds. The van der Waals surface area contributed by atoms with Crippen molar-refractivity contribution in [3.05, 3.63) is 29.7 Å². The number of aliphatic hydroxyl groups excluding tert-OH is 1. The Morgan fingerprint density at radius 2 is 2.09 bits per heavy atom. The van der Waals surface area contributed by atoms with Gasteiger partial charge in [0.25, 0.3) is 0 Å². The molecule has 120 valence electrons. The van der Waals surface area contributed by atoms with Gasteiger partial charge in [-0.05, 0) is 26.3 Å². The number of nitrogens with one attached hydrogen (secondary N) is 2. The van der Waals surface area contributed by atoms with Gasteiger partial charge in [0.2, 0.25) is 4.90 Å². The number of nitrogens with zero attached hydrogens (tertiary/aromatic N) is 3. The van der Waals surface area contributed by atoms with E-state index in [0.717, 1.165) is 22.9 Å². The van der Waals surface area contributed by atoms with Gasteiger partial charge in [-0.15, -0.1) is 0 Å². The molecule has 0 radical (unpaired) electrons. The van der Waals surface area contributed by atoms with E-state index in [2.05, 4.69) is 20.1 Å². The van der Waals surface area contributed by atoms with Crippen molar-refractivity contribution in [3.8, 4) is 0 Å². The number of rotatable bonds is 7. The minimum Gasteiger partial charge on any atom is -0.396 e. The van der Waals surface area contributed by atoms with Crippen LogP contribution >= 0.6 is 0 Å². The summed E-state index contributed by atoms with van der Waals surface area (Å²) in [6.07, 6.45) is 2.31. The van der Waals surface area contributed by atoms with Gasteiger partial charge < -0.3 is 10.4 Å². The van der Waals surface area contributed by atoms with E-state index < -0.39 is 11.4 Å². The molecular weight excluding hydrogens is 302 g/mol. The summed E-state index contributed by atoms with van der Waals surface area (Å²) >= 11 is -1.14. The molecule has 22 heavy (non-hydrogen) atoms. The molecule has 1 atom stereocenters. The standard InChI is InChI=1S/C14H22N5O2S/c1-10-14(11(2)19(3)17-10)18-22(21)12-5-6-13(16-9-12)15-7-4-8-20/h5-6,9,18,20-21H,4,7-8H2,1-3H3,(H,15,16)/q+1. The second kappa shape index (κ2) is 7.48. The molecule has 0 aliphatic rings. The van der Waals surface area contributed by atoms with Crippen LogP contribution in [0.4, 0.5) is 11.5 Å². The van der Waals surface area contributed by atoms with Crippen LogP contribution in [0.15, 0.2) is 23.2 Å². The van der Waals surface area contributed by atoms with Crippen LogP contribution in [0, 0.1) is 13.8 Å². The maximum atomic E-state index is 10.3. The average Bonchev–Trinajstić information content (AvgIpc) is 2.74. The highest BCUT2D eigenvalue weighted by molar-refractivity contribution is 7.92. The molecule has 0 saturated heterocycles. The summed E-state index contributed by atoms with van der Waals surface area (Å²) in [7, 11) is 1.87. The molecule has 0 bridgehead atoms. The van der Waals surface area contributed by atoms with E-state index in [1.54, 1.807) is 10.9 Å². The third-order valence-corrected chi connectivity index (χ3v) is 4.39. The first-order valence-electron chi connectivity index (χ1n) is 7.04. The zero-order valence-corrected chi connectivity index (χ0v) is 13.8. The summed E-state index contributed by atoms with van der Waals surface area (Å²) in [6, 6.07) is 3.64. The molecule has 2 aromatic rings. The Kier molecular flexibility index (Phi) is 5.64. The van der Waals surface area contributed by atoms with Crippen molar-refractivity contribution in [2.45, 2.75) is 25.2 Å². The number of hydrogen-bond donors (Lipinski definition) is 4. The van der Waals surface area contributed by atoms with Crippen LogP contribution in [0.5, 0.6) is 0 Å². The van der Waals surface area contributed by atoms with E-state index in [0.29, 0.717) is 17.9 Å². The van der Waals surface area contributed by atoms with Crippen molar-refractivity contribution < 1.29 is 9.66 Å². The van der Waals surface area contributed by atoms with Crippen LogP contribution in [0.1, 0.15) is 17.8 Å². The lowest BCUT2D eigenvalue weighted by molar-refractivity contribution is 0.292. The molecule has 8 heteroatoms. The lowest BCUT2D eigenvalue weighted by Crippen LogP contribution is -2.14. The molecule has 0 fully saturated rings. The Bertz CT molecular complexity index is 614. The van der Waals surface area contributed by atoms with Crippen LogP contribution in [0.25, 0.3) is 0 Å². The van der Waals surface area contributed by atoms with Gasteiger partial charge in [-0.2, -0.15) is 14.4 Å². The fourth-order valence-corrected chi connectivity index (χ4v) is 2.93. The quantitative estimate of drug-likeness (QED) is 0.457. The highest BCUT2D eigenvalue weighted by Gasteiger charge is 2.24. The first kappa shape index (κ1) is 16.6. The van der Waals surface area contributed by atoms with Crippen molar-refractivity contribution in [2.75, 3.05) is 23.2 Å². The normalized spacial score (nSPS) is 12.2. The largest absolute Gasteiger partial charge is 0.396 e. The van der Waals surface area contributed by atoms with E-state index in [9.17, 15) is 4.55 Å². The summed E-state index contributed by atoms with van der Waals surface area (Å²) in [6.45, 7) is 4.67. The highest BCUT2D eigenvalue weighted by atomic mass is 32.2. The van der Waals surface area contributed by atoms with Gasteiger partial charge >= 0.3 is 11.4 Å². The van der Waals surface area contributed by atoms with Crippen LogP contribution in [0.2, 0.25) is 0 Å². The summed E-state index contributed by atoms with van der Waals surface area (Å²) < 4.78 is 15.2. The molecule has 7 nitrogen and oxygen atoms in total. The van der Waals surface area contributed by atoms with Gasteiger partial charge in [0, 0.05) is 26.3 Å². The number of anilines is 2. The molecular formula is C14H22N5O2S+. The number of pyridine rings is 1. The molecule has 0 spiro atoms. The Hall–Kier alpha value is -1.77. The van der Waals surface area contributed by atoms with Gasteiger partial charge in [0.05, 0.1) is 17.6 Å². The molecule has 0 saturated carbocycles. The number of aliphatic hydroxyl groups is 1. The lowest BCUT2D eigenvalue weighted by Gasteiger charge is -2.05. The predicted octanol–water partition coefficient (Wildman–Crippen LogP) is 1.70. The minimum absolute atomic E-state index is 0.152. The first-order chi connectivity index (χ1) is 10.5. The highest BCUT2D eigenvalue weighted by Crippen LogP contribution is 2.22. The SMILES string of the molecule is Cc1nn(C)c(C)c1N[S+](O)c1ccc(NCCCO)nc1. The van der Waals surface area contributed by atoms with Crippen LogP contribution in [0.3, 0.4) is 0 Å². The second-order valence-electron chi connectivity index (χ2n) is 4.94. The maximum Gasteiger partial charge on any atom is 0.305 e. The molecule has 0 aliphatic carbocycles. The van der Waals surface area contributed by atoms with E-state index in [1.807, 2.05) is 33.0 Å². The van der Waals surface area contributed by atoms with Crippen molar-refractivity contribution >= 4 is 22.9 Å². The minimum atomic E-state index is -1.14. The fourth-order valence-electron chi connectivity index (χ4n) is 1.97. The number of aryl methyl sites for hydroxylation is 2. The average molecular weight is 324 g/mol. The van der Waals surface area contributed by atoms with Gasteiger partial charge in [-0.25, -0.2) is 4.98 Å². The van der Waals surface area contributed by atoms with E-state index >= 15 is 0 Å². The van der Waals surface area contributed by atoms with E-state index in [1.165, 1.54) is 0 Å². The zero-order chi connectivity index (χ0) is 16.1. The molecule has 4 N–H and O–H groups in total. The second-order valence-corrected chi connectivity index (χ2v) is 6.18. The van der Waals surface area contributed by atoms with Gasteiger partial charge in [0.15, 0.2) is 0 Å². The summed E-state index contributed by atoms with van der Waals surface area (Å²) in [4.78, 5) is 4.96. The molecule has 2 aromatic heterocycles. The molecule has 1 unspecified atom stereocenters. The summed E-state index contributed by atoms with van der Waals surface area (Å²) in [5.41, 5.74) is 2.67. The zero-order valence-electron chi connectivity index (χ0n) is 13.0.